The molecule has 2 aliphatic rings. The van der Waals surface area contributed by atoms with Crippen LogP contribution in [0.5, 0.6) is 0 Å². The number of aromatic nitrogens is 1. The van der Waals surface area contributed by atoms with Crippen LogP contribution in [-0.2, 0) is 11.2 Å². The Bertz CT molecular complexity index is 1140. The summed E-state index contributed by atoms with van der Waals surface area (Å²) in [6, 6.07) is 17.9. The Hall–Kier alpha value is -2.86. The molecule has 0 saturated heterocycles. The van der Waals surface area contributed by atoms with Crippen molar-refractivity contribution in [1.29, 1.82) is 0 Å². The first-order valence-electron chi connectivity index (χ1n) is 10.4. The van der Waals surface area contributed by atoms with Crippen LogP contribution in [0.3, 0.4) is 0 Å². The molecule has 5 nitrogen and oxygen atoms in total. The highest BCUT2D eigenvalue weighted by Gasteiger charge is 2.29. The molecule has 2 amide bonds. The van der Waals surface area contributed by atoms with Crippen molar-refractivity contribution < 1.29 is 9.59 Å². The number of hydrogen-bond donors (Lipinski definition) is 1. The van der Waals surface area contributed by atoms with Crippen LogP contribution in [-0.4, -0.2) is 34.6 Å². The van der Waals surface area contributed by atoms with E-state index in [4.69, 9.17) is 4.98 Å². The fraction of sp³-hybridized carbons (Fsp3) is 0.292. The largest absolute Gasteiger partial charge is 0.349 e. The topological polar surface area (TPSA) is 62.3 Å². The second-order valence-corrected chi connectivity index (χ2v) is 9.26. The van der Waals surface area contributed by atoms with Gasteiger partial charge in [0.2, 0.25) is 5.91 Å². The molecule has 5 rings (SSSR count). The van der Waals surface area contributed by atoms with Gasteiger partial charge in [0.05, 0.1) is 21.4 Å². The van der Waals surface area contributed by atoms with Gasteiger partial charge in [-0.3, -0.25) is 9.59 Å². The number of carbonyl (C=O) groups is 2. The molecule has 1 fully saturated rings. The van der Waals surface area contributed by atoms with E-state index in [1.54, 1.807) is 0 Å². The summed E-state index contributed by atoms with van der Waals surface area (Å²) < 4.78 is 0. The monoisotopic (exact) mass is 417 g/mol. The lowest BCUT2D eigenvalue weighted by Crippen LogP contribution is -2.35. The second-order valence-electron chi connectivity index (χ2n) is 7.90. The number of para-hydroxylation sites is 2. The van der Waals surface area contributed by atoms with Crippen molar-refractivity contribution in [3.63, 3.8) is 0 Å². The molecule has 152 valence electrons. The number of nitrogens with zero attached hydrogens (tertiary/aromatic N) is 2. The Labute approximate surface area is 179 Å². The maximum atomic E-state index is 13.1. The van der Waals surface area contributed by atoms with Crippen LogP contribution in [0.1, 0.15) is 35.7 Å². The number of rotatable bonds is 5. The zero-order valence-corrected chi connectivity index (χ0v) is 17.6. The maximum absolute atomic E-state index is 13.1. The van der Waals surface area contributed by atoms with Gasteiger partial charge < -0.3 is 10.2 Å². The Balaban J connectivity index is 1.41. The number of anilines is 1. The average Bonchev–Trinajstić information content (AvgIpc) is 3.47. The fourth-order valence-electron chi connectivity index (χ4n) is 3.91. The van der Waals surface area contributed by atoms with Crippen LogP contribution < -0.4 is 10.2 Å². The minimum Gasteiger partial charge on any atom is -0.349 e. The first-order valence-corrected chi connectivity index (χ1v) is 11.2. The Kier molecular flexibility index (Phi) is 4.95. The summed E-state index contributed by atoms with van der Waals surface area (Å²) >= 11 is 1.41. The molecule has 1 aliphatic heterocycles. The molecule has 1 aliphatic carbocycles. The van der Waals surface area contributed by atoms with Crippen molar-refractivity contribution in [2.24, 2.45) is 0 Å². The molecule has 3 aromatic rings. The van der Waals surface area contributed by atoms with Gasteiger partial charge in [0.25, 0.3) is 5.91 Å². The van der Waals surface area contributed by atoms with Gasteiger partial charge in [-0.2, -0.15) is 0 Å². The number of carbonyl (C=O) groups excluding carboxylic acids is 2. The van der Waals surface area contributed by atoms with E-state index in [0.29, 0.717) is 17.1 Å². The van der Waals surface area contributed by atoms with Crippen LogP contribution in [0.4, 0.5) is 5.69 Å². The quantitative estimate of drug-likeness (QED) is 0.632. The predicted molar refractivity (Wildman–Crippen MR) is 120 cm³/mol. The first-order chi connectivity index (χ1) is 14.6. The Morgan fingerprint density at radius 3 is 2.73 bits per heavy atom. The number of benzene rings is 2. The predicted octanol–water partition coefficient (Wildman–Crippen LogP) is 4.20. The number of hydrogen-bond acceptors (Lipinski definition) is 4. The lowest BCUT2D eigenvalue weighted by atomic mass is 10.1. The van der Waals surface area contributed by atoms with Crippen molar-refractivity contribution >= 4 is 40.2 Å². The number of thioether (sulfide) groups is 1. The molecule has 0 radical (unpaired) electrons. The van der Waals surface area contributed by atoms with Gasteiger partial charge >= 0.3 is 0 Å². The normalized spacial score (nSPS) is 16.4. The second kappa shape index (κ2) is 7.76. The molecule has 1 unspecified atom stereocenters. The number of fused-ring (bicyclic) bond motifs is 2. The molecule has 0 spiro atoms. The van der Waals surface area contributed by atoms with Crippen molar-refractivity contribution in [3.05, 3.63) is 65.7 Å². The Morgan fingerprint density at radius 1 is 1.13 bits per heavy atom. The van der Waals surface area contributed by atoms with E-state index < -0.39 is 0 Å². The molecule has 1 atom stereocenters. The van der Waals surface area contributed by atoms with Gasteiger partial charge in [0.15, 0.2) is 0 Å². The zero-order valence-electron chi connectivity index (χ0n) is 16.8. The minimum absolute atomic E-state index is 0.0644. The van der Waals surface area contributed by atoms with Crippen LogP contribution in [0, 0.1) is 0 Å². The molecule has 1 aromatic heterocycles. The first kappa shape index (κ1) is 19.1. The maximum Gasteiger partial charge on any atom is 0.252 e. The highest BCUT2D eigenvalue weighted by atomic mass is 32.2. The molecule has 1 saturated carbocycles. The summed E-state index contributed by atoms with van der Waals surface area (Å²) in [4.78, 5) is 32.5. The summed E-state index contributed by atoms with van der Waals surface area (Å²) in [6.45, 7) is 2.62. The third-order valence-electron chi connectivity index (χ3n) is 5.65. The van der Waals surface area contributed by atoms with Crippen LogP contribution in [0.2, 0.25) is 0 Å². The van der Waals surface area contributed by atoms with Gasteiger partial charge in [-0.25, -0.2) is 4.98 Å². The molecular weight excluding hydrogens is 394 g/mol. The number of amides is 2. The van der Waals surface area contributed by atoms with E-state index in [9.17, 15) is 9.59 Å². The van der Waals surface area contributed by atoms with Crippen LogP contribution in [0.15, 0.2) is 59.6 Å². The lowest BCUT2D eigenvalue weighted by Gasteiger charge is -2.21. The van der Waals surface area contributed by atoms with Gasteiger partial charge in [-0.1, -0.05) is 48.2 Å². The molecule has 1 N–H and O–H groups in total. The van der Waals surface area contributed by atoms with E-state index in [1.165, 1.54) is 17.3 Å². The smallest absolute Gasteiger partial charge is 0.252 e. The summed E-state index contributed by atoms with van der Waals surface area (Å²) in [7, 11) is 0. The fourth-order valence-corrected chi connectivity index (χ4v) is 4.84. The van der Waals surface area contributed by atoms with Gasteiger partial charge in [0, 0.05) is 23.7 Å². The Morgan fingerprint density at radius 2 is 1.90 bits per heavy atom. The standard InChI is InChI=1S/C24H23N3O2S/c1-15(24(29)27-13-12-16-6-2-5-9-21(16)27)30-22-14-19(23(28)25-17-10-11-17)18-7-3-4-8-20(18)26-22/h2-9,14-15,17H,10-13H2,1H3,(H,25,28). The van der Waals surface area contributed by atoms with Crippen molar-refractivity contribution in [1.82, 2.24) is 10.3 Å². The highest BCUT2D eigenvalue weighted by Crippen LogP contribution is 2.32. The SMILES string of the molecule is CC(Sc1cc(C(=O)NC2CC2)c2ccccc2n1)C(=O)N1CCc2ccccc21. The van der Waals surface area contributed by atoms with Gasteiger partial charge in [-0.15, -0.1) is 0 Å². The van der Waals surface area contributed by atoms with E-state index in [0.717, 1.165) is 35.9 Å². The van der Waals surface area contributed by atoms with E-state index in [2.05, 4.69) is 11.4 Å². The highest BCUT2D eigenvalue weighted by molar-refractivity contribution is 8.00. The third-order valence-corrected chi connectivity index (χ3v) is 6.65. The van der Waals surface area contributed by atoms with Crippen LogP contribution >= 0.6 is 11.8 Å². The zero-order chi connectivity index (χ0) is 20.7. The van der Waals surface area contributed by atoms with Gasteiger partial charge in [0.1, 0.15) is 0 Å². The summed E-state index contributed by atoms with van der Waals surface area (Å²) in [5, 5.41) is 4.31. The number of pyridine rings is 1. The summed E-state index contributed by atoms with van der Waals surface area (Å²) in [6.07, 6.45) is 2.97. The van der Waals surface area contributed by atoms with Crippen molar-refractivity contribution in [2.75, 3.05) is 11.4 Å². The average molecular weight is 418 g/mol. The van der Waals surface area contributed by atoms with Crippen LogP contribution in [0.25, 0.3) is 10.9 Å². The lowest BCUT2D eigenvalue weighted by molar-refractivity contribution is -0.117. The van der Waals surface area contributed by atoms with E-state index >= 15 is 0 Å². The van der Waals surface area contributed by atoms with E-state index in [1.807, 2.05) is 60.4 Å². The summed E-state index contributed by atoms with van der Waals surface area (Å²) in [5.74, 6) is 0.00860. The molecule has 30 heavy (non-hydrogen) atoms. The third kappa shape index (κ3) is 3.67. The summed E-state index contributed by atoms with van der Waals surface area (Å²) in [5.41, 5.74) is 3.62. The molecular formula is C24H23N3O2S. The van der Waals surface area contributed by atoms with E-state index in [-0.39, 0.29) is 23.1 Å². The minimum atomic E-state index is -0.302. The molecule has 2 heterocycles. The molecule has 2 aromatic carbocycles. The molecule has 0 bridgehead atoms. The van der Waals surface area contributed by atoms with Gasteiger partial charge in [-0.05, 0) is 49.9 Å². The number of nitrogens with one attached hydrogen (secondary N) is 1. The van der Waals surface area contributed by atoms with Crippen molar-refractivity contribution in [3.8, 4) is 0 Å². The van der Waals surface area contributed by atoms with Crippen molar-refractivity contribution in [2.45, 2.75) is 42.5 Å². The molecule has 6 heteroatoms.